The van der Waals surface area contributed by atoms with E-state index in [1.807, 2.05) is 0 Å². The zero-order chi connectivity index (χ0) is 8.81. The highest BCUT2D eigenvalue weighted by molar-refractivity contribution is 6.33. The molecule has 0 heterocycles. The summed E-state index contributed by atoms with van der Waals surface area (Å²) in [5.41, 5.74) is 1.43. The first-order valence-corrected chi connectivity index (χ1v) is 5.26. The van der Waals surface area contributed by atoms with Crippen molar-refractivity contribution in [1.82, 2.24) is 0 Å². The zero-order valence-corrected chi connectivity index (χ0v) is 9.38. The molecule has 0 aliphatic carbocycles. The predicted molar refractivity (Wildman–Crippen MR) is 54.6 cm³/mol. The second kappa shape index (κ2) is 4.73. The summed E-state index contributed by atoms with van der Waals surface area (Å²) in [6, 6.07) is 10.7. The van der Waals surface area contributed by atoms with Gasteiger partial charge in [0.25, 0.3) is 0 Å². The monoisotopic (exact) mass is 175 g/mol. The average molecular weight is 175 g/mol. The van der Waals surface area contributed by atoms with Crippen LogP contribution < -0.4 is 5.19 Å². The van der Waals surface area contributed by atoms with Crippen LogP contribution in [0.5, 0.6) is 0 Å². The van der Waals surface area contributed by atoms with E-state index in [9.17, 15) is 0 Å². The molecule has 0 aliphatic rings. The van der Waals surface area contributed by atoms with E-state index in [0.717, 1.165) is 23.1 Å². The maximum absolute atomic E-state index is 8.37. The quantitative estimate of drug-likeness (QED) is 0.485. The van der Waals surface area contributed by atoms with Crippen LogP contribution in [0.15, 0.2) is 24.3 Å². The van der Waals surface area contributed by atoms with Gasteiger partial charge < -0.3 is 0 Å². The van der Waals surface area contributed by atoms with Gasteiger partial charge in [-0.2, -0.15) is 5.26 Å². The third-order valence-corrected chi connectivity index (χ3v) is 2.97. The van der Waals surface area contributed by atoms with Crippen molar-refractivity contribution < 1.29 is 0 Å². The lowest BCUT2D eigenvalue weighted by Crippen LogP contribution is -2.08. The highest BCUT2D eigenvalue weighted by Crippen LogP contribution is 2.00. The van der Waals surface area contributed by atoms with Crippen LogP contribution in [0.25, 0.3) is 0 Å². The van der Waals surface area contributed by atoms with Crippen LogP contribution in [-0.4, -0.2) is 10.2 Å². The fourth-order valence-corrected chi connectivity index (χ4v) is 1.86. The second-order valence-electron chi connectivity index (χ2n) is 2.94. The second-order valence-corrected chi connectivity index (χ2v) is 4.02. The Kier molecular flexibility index (Phi) is 3.56. The molecule has 62 valence electrons. The van der Waals surface area contributed by atoms with Crippen molar-refractivity contribution in [2.45, 2.75) is 19.3 Å². The molecular weight excluding hydrogens is 162 g/mol. The smallest absolute Gasteiger partial charge is 0.0621 e. The molecule has 0 aliphatic heterocycles. The van der Waals surface area contributed by atoms with Crippen molar-refractivity contribution in [3.63, 3.8) is 0 Å². The van der Waals surface area contributed by atoms with Crippen molar-refractivity contribution in [2.24, 2.45) is 0 Å². The lowest BCUT2D eigenvalue weighted by Gasteiger charge is -2.02. The fraction of sp³-hybridized carbons (Fsp3) is 0.300. The molecule has 0 aromatic heterocycles. The van der Waals surface area contributed by atoms with Gasteiger partial charge in [-0.15, -0.1) is 0 Å². The summed E-state index contributed by atoms with van der Waals surface area (Å²) in [5, 5.41) is 9.84. The van der Waals surface area contributed by atoms with E-state index in [0.29, 0.717) is 6.42 Å². The topological polar surface area (TPSA) is 23.8 Å². The predicted octanol–water partition coefficient (Wildman–Crippen LogP) is 0.524. The summed E-state index contributed by atoms with van der Waals surface area (Å²) in [4.78, 5) is 0. The van der Waals surface area contributed by atoms with Gasteiger partial charge >= 0.3 is 0 Å². The first kappa shape index (κ1) is 9.02. The van der Waals surface area contributed by atoms with Gasteiger partial charge in [0.15, 0.2) is 0 Å². The molecular formula is C10H13NSi. The molecule has 0 spiro atoms. The number of rotatable bonds is 3. The maximum Gasteiger partial charge on any atom is 0.0621 e. The van der Waals surface area contributed by atoms with Crippen LogP contribution >= 0.6 is 0 Å². The molecule has 12 heavy (non-hydrogen) atoms. The van der Waals surface area contributed by atoms with Crippen LogP contribution in [-0.2, 0) is 6.42 Å². The molecule has 0 fully saturated rings. The number of nitriles is 1. The van der Waals surface area contributed by atoms with Crippen LogP contribution in [0.4, 0.5) is 0 Å². The first-order valence-electron chi connectivity index (χ1n) is 4.26. The highest BCUT2D eigenvalue weighted by Gasteiger charge is 1.95. The third-order valence-electron chi connectivity index (χ3n) is 2.00. The molecule has 1 nitrogen and oxygen atoms in total. The molecule has 1 aromatic carbocycles. The van der Waals surface area contributed by atoms with Crippen molar-refractivity contribution in [3.8, 4) is 6.07 Å². The van der Waals surface area contributed by atoms with E-state index in [4.69, 9.17) is 5.26 Å². The zero-order valence-electron chi connectivity index (χ0n) is 7.38. The minimum Gasteiger partial charge on any atom is -0.198 e. The van der Waals surface area contributed by atoms with E-state index in [2.05, 4.69) is 30.3 Å². The van der Waals surface area contributed by atoms with Gasteiger partial charge in [-0.1, -0.05) is 29.5 Å². The molecule has 0 atom stereocenters. The number of hydrogen-bond acceptors (Lipinski definition) is 1. The SMILES string of the molecule is N#CCCCc1ccccc1[SiH3]. The Labute approximate surface area is 76.5 Å². The molecule has 0 N–H and O–H groups in total. The number of nitrogens with zero attached hydrogens (tertiary/aromatic N) is 1. The van der Waals surface area contributed by atoms with Crippen molar-refractivity contribution in [3.05, 3.63) is 29.8 Å². The normalized spacial score (nSPS) is 9.58. The van der Waals surface area contributed by atoms with Gasteiger partial charge in [-0.05, 0) is 18.4 Å². The van der Waals surface area contributed by atoms with Crippen LogP contribution in [0, 0.1) is 11.3 Å². The van der Waals surface area contributed by atoms with Crippen molar-refractivity contribution in [1.29, 1.82) is 5.26 Å². The Hall–Kier alpha value is -1.07. The van der Waals surface area contributed by atoms with Gasteiger partial charge in [0.05, 0.1) is 6.07 Å². The summed E-state index contributed by atoms with van der Waals surface area (Å²) in [5.74, 6) is 0. The van der Waals surface area contributed by atoms with Gasteiger partial charge in [0, 0.05) is 16.7 Å². The van der Waals surface area contributed by atoms with Crippen molar-refractivity contribution in [2.75, 3.05) is 0 Å². The van der Waals surface area contributed by atoms with Crippen molar-refractivity contribution >= 4 is 15.4 Å². The molecule has 0 amide bonds. The lowest BCUT2D eigenvalue weighted by molar-refractivity contribution is 0.854. The summed E-state index contributed by atoms with van der Waals surface area (Å²) in [7, 11) is 1.11. The number of unbranched alkanes of at least 4 members (excludes halogenated alkanes) is 1. The standard InChI is InChI=1S/C10H13NSi/c11-8-4-3-6-9-5-1-2-7-10(9)12/h1-2,5,7H,3-4,6H2,12H3. The molecule has 0 saturated carbocycles. The van der Waals surface area contributed by atoms with Crippen LogP contribution in [0.2, 0.25) is 0 Å². The molecule has 1 rings (SSSR count). The van der Waals surface area contributed by atoms with Gasteiger partial charge in [0.1, 0.15) is 0 Å². The number of aryl methyl sites for hydroxylation is 1. The summed E-state index contributed by atoms with van der Waals surface area (Å²) in [6.07, 6.45) is 2.73. The molecule has 0 radical (unpaired) electrons. The minimum absolute atomic E-state index is 0.676. The van der Waals surface area contributed by atoms with Gasteiger partial charge in [-0.25, -0.2) is 0 Å². The first-order chi connectivity index (χ1) is 5.84. The van der Waals surface area contributed by atoms with E-state index in [1.165, 1.54) is 10.8 Å². The molecule has 0 unspecified atom stereocenters. The summed E-state index contributed by atoms with van der Waals surface area (Å²) < 4.78 is 0. The van der Waals surface area contributed by atoms with E-state index < -0.39 is 0 Å². The van der Waals surface area contributed by atoms with E-state index in [1.54, 1.807) is 0 Å². The molecule has 0 saturated heterocycles. The average Bonchev–Trinajstić information content (AvgIpc) is 2.09. The Balaban J connectivity index is 2.53. The fourth-order valence-electron chi connectivity index (χ4n) is 1.25. The van der Waals surface area contributed by atoms with Crippen LogP contribution in [0.3, 0.4) is 0 Å². The third kappa shape index (κ3) is 2.52. The molecule has 2 heteroatoms. The highest BCUT2D eigenvalue weighted by atomic mass is 28.1. The number of hydrogen-bond donors (Lipinski definition) is 0. The lowest BCUT2D eigenvalue weighted by atomic mass is 10.1. The van der Waals surface area contributed by atoms with Crippen LogP contribution in [0.1, 0.15) is 18.4 Å². The number of benzene rings is 1. The molecule has 1 aromatic rings. The Morgan fingerprint density at radius 2 is 2.08 bits per heavy atom. The Morgan fingerprint density at radius 3 is 2.75 bits per heavy atom. The van der Waals surface area contributed by atoms with Gasteiger partial charge in [-0.3, -0.25) is 0 Å². The van der Waals surface area contributed by atoms with E-state index >= 15 is 0 Å². The van der Waals surface area contributed by atoms with Gasteiger partial charge in [0.2, 0.25) is 0 Å². The minimum atomic E-state index is 0.676. The van der Waals surface area contributed by atoms with E-state index in [-0.39, 0.29) is 0 Å². The summed E-state index contributed by atoms with van der Waals surface area (Å²) in [6.45, 7) is 0. The Morgan fingerprint density at radius 1 is 1.33 bits per heavy atom. The Bertz CT molecular complexity index is 288. The maximum atomic E-state index is 8.37. The molecule has 0 bridgehead atoms. The largest absolute Gasteiger partial charge is 0.198 e. The summed E-state index contributed by atoms with van der Waals surface area (Å²) >= 11 is 0.